The van der Waals surface area contributed by atoms with E-state index in [-0.39, 0.29) is 23.5 Å². The third-order valence-electron chi connectivity index (χ3n) is 7.00. The minimum atomic E-state index is -0.544. The maximum Gasteiger partial charge on any atom is 0.325 e. The van der Waals surface area contributed by atoms with Crippen molar-refractivity contribution in [3.05, 3.63) is 34.7 Å². The Morgan fingerprint density at radius 1 is 1.22 bits per heavy atom. The van der Waals surface area contributed by atoms with Crippen LogP contribution in [-0.2, 0) is 11.2 Å². The van der Waals surface area contributed by atoms with E-state index >= 15 is 0 Å². The number of nitrogens with one attached hydrogen (secondary N) is 3. The first-order valence-corrected chi connectivity index (χ1v) is 13.0. The van der Waals surface area contributed by atoms with Crippen LogP contribution >= 0.6 is 11.6 Å². The number of carbonyl (C=O) groups is 2. The molecule has 2 aliphatic rings. The van der Waals surface area contributed by atoms with Gasteiger partial charge in [-0.3, -0.25) is 10.1 Å². The van der Waals surface area contributed by atoms with Crippen LogP contribution in [0.25, 0.3) is 0 Å². The van der Waals surface area contributed by atoms with Crippen LogP contribution in [0, 0.1) is 23.2 Å². The van der Waals surface area contributed by atoms with Gasteiger partial charge in [0.2, 0.25) is 5.91 Å². The van der Waals surface area contributed by atoms with E-state index in [1.807, 2.05) is 17.9 Å². The Kier molecular flexibility index (Phi) is 8.34. The Bertz CT molecular complexity index is 1190. The number of benzene rings is 1. The lowest BCUT2D eigenvalue weighted by Crippen LogP contribution is -2.42. The fourth-order valence-electron chi connectivity index (χ4n) is 4.78. The second-order valence-corrected chi connectivity index (χ2v) is 9.90. The van der Waals surface area contributed by atoms with Crippen LogP contribution in [0.4, 0.5) is 22.0 Å². The molecule has 4 rings (SSSR count). The zero-order valence-corrected chi connectivity index (χ0v) is 22.1. The van der Waals surface area contributed by atoms with Crippen LogP contribution in [0.3, 0.4) is 0 Å². The van der Waals surface area contributed by atoms with Gasteiger partial charge >= 0.3 is 6.03 Å². The molecular formula is C26H32ClN7O3. The second kappa shape index (κ2) is 11.6. The number of halogens is 1. The van der Waals surface area contributed by atoms with Gasteiger partial charge in [0.05, 0.1) is 35.9 Å². The maximum absolute atomic E-state index is 12.6. The minimum absolute atomic E-state index is 0.141. The van der Waals surface area contributed by atoms with Crippen LogP contribution < -0.4 is 20.7 Å². The number of rotatable bonds is 8. The lowest BCUT2D eigenvalue weighted by Gasteiger charge is -2.36. The molecule has 1 atom stereocenters. The molecule has 2 heterocycles. The molecule has 11 heteroatoms. The number of hydrogen-bond acceptors (Lipinski definition) is 7. The van der Waals surface area contributed by atoms with Crippen molar-refractivity contribution in [2.75, 3.05) is 36.1 Å². The first-order chi connectivity index (χ1) is 17.8. The number of hydrogen-bond donors (Lipinski definition) is 3. The summed E-state index contributed by atoms with van der Waals surface area (Å²) < 4.78 is 5.69. The zero-order chi connectivity index (χ0) is 26.5. The first-order valence-electron chi connectivity index (χ1n) is 12.6. The van der Waals surface area contributed by atoms with Gasteiger partial charge in [0.25, 0.3) is 0 Å². The highest BCUT2D eigenvalue weighted by Crippen LogP contribution is 2.41. The molecule has 1 saturated carbocycles. The topological polar surface area (TPSA) is 132 Å². The zero-order valence-electron chi connectivity index (χ0n) is 21.3. The van der Waals surface area contributed by atoms with Crippen molar-refractivity contribution in [3.8, 4) is 11.8 Å². The molecule has 10 nitrogen and oxygen atoms in total. The highest BCUT2D eigenvalue weighted by molar-refractivity contribution is 6.34. The maximum atomic E-state index is 12.6. The van der Waals surface area contributed by atoms with E-state index < -0.39 is 6.03 Å². The minimum Gasteiger partial charge on any atom is -0.494 e. The monoisotopic (exact) mass is 525 g/mol. The number of ether oxygens (including phenoxy) is 1. The van der Waals surface area contributed by atoms with E-state index in [0.29, 0.717) is 34.7 Å². The van der Waals surface area contributed by atoms with Gasteiger partial charge in [0, 0.05) is 30.6 Å². The average molecular weight is 526 g/mol. The number of amides is 3. The number of aromatic nitrogens is 2. The largest absolute Gasteiger partial charge is 0.494 e. The van der Waals surface area contributed by atoms with Crippen molar-refractivity contribution in [2.24, 2.45) is 11.8 Å². The normalized spacial score (nSPS) is 16.5. The van der Waals surface area contributed by atoms with Gasteiger partial charge < -0.3 is 20.3 Å². The van der Waals surface area contributed by atoms with Crippen molar-refractivity contribution in [1.29, 1.82) is 5.26 Å². The molecule has 1 aliphatic heterocycles. The highest BCUT2D eigenvalue weighted by Gasteiger charge is 2.35. The predicted molar refractivity (Wildman–Crippen MR) is 142 cm³/mol. The number of urea groups is 1. The van der Waals surface area contributed by atoms with Gasteiger partial charge in [-0.05, 0) is 51.0 Å². The number of nitrogens with zero attached hydrogens (tertiary/aromatic N) is 4. The lowest BCUT2D eigenvalue weighted by atomic mass is 9.89. The Hall–Kier alpha value is -3.58. The molecule has 2 aromatic rings. The third kappa shape index (κ3) is 6.23. The third-order valence-corrected chi connectivity index (χ3v) is 7.30. The van der Waals surface area contributed by atoms with Crippen molar-refractivity contribution in [2.45, 2.75) is 52.0 Å². The Morgan fingerprint density at radius 2 is 1.95 bits per heavy atom. The molecule has 3 amide bonds. The summed E-state index contributed by atoms with van der Waals surface area (Å²) in [5, 5.41) is 18.3. The van der Waals surface area contributed by atoms with Crippen LogP contribution in [-0.4, -0.2) is 53.0 Å². The fraction of sp³-hybridized carbons (Fsp3) is 0.500. The molecule has 1 aromatic carbocycles. The van der Waals surface area contributed by atoms with E-state index in [4.69, 9.17) is 21.6 Å². The van der Waals surface area contributed by atoms with E-state index in [2.05, 4.69) is 32.8 Å². The van der Waals surface area contributed by atoms with Crippen LogP contribution in [0.1, 0.15) is 50.8 Å². The van der Waals surface area contributed by atoms with Gasteiger partial charge in [-0.1, -0.05) is 18.5 Å². The van der Waals surface area contributed by atoms with Crippen LogP contribution in [0.2, 0.25) is 5.02 Å². The summed E-state index contributed by atoms with van der Waals surface area (Å²) in [4.78, 5) is 34.9. The van der Waals surface area contributed by atoms with E-state index in [9.17, 15) is 9.59 Å². The molecule has 37 heavy (non-hydrogen) atoms. The summed E-state index contributed by atoms with van der Waals surface area (Å²) >= 11 is 6.71. The highest BCUT2D eigenvalue weighted by atomic mass is 35.5. The molecule has 2 fully saturated rings. The SMILES string of the molecule is CCc1c(NC(C)C2CCN(C(=O)C3CC3)CC2)c(Cl)cc(NC(=O)Nc2cnc(C#N)cn2)c1OC. The molecule has 1 aromatic heterocycles. The summed E-state index contributed by atoms with van der Waals surface area (Å²) in [5.41, 5.74) is 2.22. The molecule has 0 radical (unpaired) electrons. The Balaban J connectivity index is 1.44. The van der Waals surface area contributed by atoms with Gasteiger partial charge in [-0.2, -0.15) is 5.26 Å². The molecule has 0 bridgehead atoms. The quantitative estimate of drug-likeness (QED) is 0.456. The van der Waals surface area contributed by atoms with Gasteiger partial charge in [-0.25, -0.2) is 14.8 Å². The van der Waals surface area contributed by atoms with Crippen molar-refractivity contribution >= 4 is 40.7 Å². The summed E-state index contributed by atoms with van der Waals surface area (Å²) in [5.74, 6) is 1.71. The van der Waals surface area contributed by atoms with Crippen molar-refractivity contribution < 1.29 is 14.3 Å². The van der Waals surface area contributed by atoms with Gasteiger partial charge in [0.1, 0.15) is 11.8 Å². The Labute approximate surface area is 221 Å². The van der Waals surface area contributed by atoms with Crippen LogP contribution in [0.15, 0.2) is 18.5 Å². The summed E-state index contributed by atoms with van der Waals surface area (Å²) in [6.45, 7) is 5.74. The molecule has 196 valence electrons. The van der Waals surface area contributed by atoms with E-state index in [1.54, 1.807) is 13.2 Å². The number of likely N-dealkylation sites (tertiary alicyclic amines) is 1. The number of piperidine rings is 1. The number of carbonyl (C=O) groups excluding carboxylic acids is 2. The summed E-state index contributed by atoms with van der Waals surface area (Å²) in [6.07, 6.45) is 7.17. The average Bonchev–Trinajstić information content (AvgIpc) is 3.75. The van der Waals surface area contributed by atoms with Crippen LogP contribution in [0.5, 0.6) is 5.75 Å². The molecule has 1 aliphatic carbocycles. The number of nitriles is 1. The van der Waals surface area contributed by atoms with Crippen molar-refractivity contribution in [3.63, 3.8) is 0 Å². The van der Waals surface area contributed by atoms with Crippen molar-refractivity contribution in [1.82, 2.24) is 14.9 Å². The molecule has 1 unspecified atom stereocenters. The van der Waals surface area contributed by atoms with E-state index in [0.717, 1.165) is 50.0 Å². The molecule has 3 N–H and O–H groups in total. The summed E-state index contributed by atoms with van der Waals surface area (Å²) in [7, 11) is 1.55. The first kappa shape index (κ1) is 26.5. The molecular weight excluding hydrogens is 494 g/mol. The lowest BCUT2D eigenvalue weighted by molar-refractivity contribution is -0.134. The summed E-state index contributed by atoms with van der Waals surface area (Å²) in [6, 6.07) is 3.14. The van der Waals surface area contributed by atoms with Gasteiger partial charge in [0.15, 0.2) is 11.5 Å². The fourth-order valence-corrected chi connectivity index (χ4v) is 5.06. The number of methoxy groups -OCH3 is 1. The van der Waals surface area contributed by atoms with E-state index in [1.165, 1.54) is 12.4 Å². The smallest absolute Gasteiger partial charge is 0.325 e. The standard InChI is InChI=1S/C26H32ClN7O3/c1-4-19-23(31-15(2)16-7-9-34(10-8-16)25(35)17-5-6-17)20(27)11-21(24(19)37-3)32-26(36)33-22-14-29-18(12-28)13-30-22/h11,13-17,31H,4-10H2,1-3H3,(H2,30,32,33,36). The van der Waals surface area contributed by atoms with Gasteiger partial charge in [-0.15, -0.1) is 0 Å². The molecule has 0 spiro atoms. The Morgan fingerprint density at radius 3 is 2.51 bits per heavy atom. The number of anilines is 3. The predicted octanol–water partition coefficient (Wildman–Crippen LogP) is 4.67. The molecule has 1 saturated heterocycles. The second-order valence-electron chi connectivity index (χ2n) is 9.49.